The topological polar surface area (TPSA) is 85.3 Å². The Kier molecular flexibility index (Phi) is 4.17. The lowest BCUT2D eigenvalue weighted by Crippen LogP contribution is -2.13. The Morgan fingerprint density at radius 3 is 2.65 bits per heavy atom. The summed E-state index contributed by atoms with van der Waals surface area (Å²) in [5, 5.41) is 0. The van der Waals surface area contributed by atoms with Crippen molar-refractivity contribution >= 4 is 31.6 Å². The molecular weight excluding hydrogens is 351 g/mol. The third-order valence-electron chi connectivity index (χ3n) is 2.57. The number of aryl methyl sites for hydroxylation is 1. The fourth-order valence-corrected chi connectivity index (χ4v) is 3.65. The van der Waals surface area contributed by atoms with Crippen LogP contribution in [-0.2, 0) is 16.6 Å². The van der Waals surface area contributed by atoms with Gasteiger partial charge in [-0.05, 0) is 40.5 Å². The lowest BCUT2D eigenvalue weighted by molar-refractivity contribution is 0.484. The molecule has 1 heterocycles. The second-order valence-corrected chi connectivity index (χ2v) is 6.51. The molecule has 0 radical (unpaired) electrons. The summed E-state index contributed by atoms with van der Waals surface area (Å²) in [6.07, 6.45) is 0. The number of rotatable bonds is 4. The summed E-state index contributed by atoms with van der Waals surface area (Å²) < 4.78 is 45.4. The molecule has 0 spiro atoms. The first kappa shape index (κ1) is 15.0. The molecule has 108 valence electrons. The van der Waals surface area contributed by atoms with Crippen LogP contribution < -0.4 is 10.5 Å². The first-order chi connectivity index (χ1) is 9.33. The summed E-state index contributed by atoms with van der Waals surface area (Å²) in [6.45, 7) is 1.77. The average molecular weight is 363 g/mol. The van der Waals surface area contributed by atoms with E-state index >= 15 is 0 Å². The van der Waals surface area contributed by atoms with Gasteiger partial charge in [0.25, 0.3) is 10.0 Å². The summed E-state index contributed by atoms with van der Waals surface area (Å²) in [7, 11) is -3.95. The fourth-order valence-electron chi connectivity index (χ4n) is 1.58. The first-order valence-electron chi connectivity index (χ1n) is 5.60. The zero-order valence-corrected chi connectivity index (χ0v) is 12.9. The molecular formula is C12H12BrFN2O3S. The van der Waals surface area contributed by atoms with Gasteiger partial charge in [-0.3, -0.25) is 4.72 Å². The van der Waals surface area contributed by atoms with Crippen LogP contribution in [0, 0.1) is 12.7 Å². The van der Waals surface area contributed by atoms with Gasteiger partial charge in [0, 0.05) is 6.07 Å². The normalized spacial score (nSPS) is 11.6. The molecule has 0 bridgehead atoms. The maximum absolute atomic E-state index is 13.7. The van der Waals surface area contributed by atoms with Gasteiger partial charge >= 0.3 is 0 Å². The van der Waals surface area contributed by atoms with Crippen LogP contribution in [0.5, 0.6) is 0 Å². The number of nitrogens with one attached hydrogen (secondary N) is 1. The molecule has 0 saturated heterocycles. The van der Waals surface area contributed by atoms with Gasteiger partial charge in [-0.15, -0.1) is 0 Å². The molecule has 5 nitrogen and oxygen atoms in total. The van der Waals surface area contributed by atoms with E-state index in [0.29, 0.717) is 11.3 Å². The second-order valence-electron chi connectivity index (χ2n) is 4.14. The highest BCUT2D eigenvalue weighted by atomic mass is 79.9. The maximum atomic E-state index is 13.7. The van der Waals surface area contributed by atoms with Crippen molar-refractivity contribution in [2.24, 2.45) is 5.73 Å². The minimum absolute atomic E-state index is 0.0259. The van der Waals surface area contributed by atoms with Crippen LogP contribution in [0.4, 0.5) is 10.1 Å². The number of benzene rings is 1. The van der Waals surface area contributed by atoms with Crippen molar-refractivity contribution in [2.45, 2.75) is 18.4 Å². The number of nitrogens with two attached hydrogens (primary N) is 1. The van der Waals surface area contributed by atoms with Crippen molar-refractivity contribution < 1.29 is 17.2 Å². The monoisotopic (exact) mass is 362 g/mol. The largest absolute Gasteiger partial charge is 0.452 e. The van der Waals surface area contributed by atoms with Crippen molar-refractivity contribution in [3.05, 3.63) is 46.1 Å². The van der Waals surface area contributed by atoms with E-state index in [1.807, 2.05) is 0 Å². The molecule has 0 aliphatic heterocycles. The van der Waals surface area contributed by atoms with Crippen molar-refractivity contribution in [3.8, 4) is 0 Å². The Bertz CT molecular complexity index is 743. The van der Waals surface area contributed by atoms with Gasteiger partial charge in [0.05, 0.1) is 12.2 Å². The summed E-state index contributed by atoms with van der Waals surface area (Å²) in [4.78, 5) is -0.127. The molecule has 0 aliphatic carbocycles. The van der Waals surface area contributed by atoms with Crippen LogP contribution in [0.3, 0.4) is 0 Å². The standard InChI is InChI=1S/C12H12BrFN2O3S/c1-7-2-3-10(9(14)4-7)16-20(17,18)11-5-8(6-15)19-12(11)13/h2-5,16H,6,15H2,1H3. The number of halogens is 2. The highest BCUT2D eigenvalue weighted by Crippen LogP contribution is 2.28. The minimum Gasteiger partial charge on any atom is -0.452 e. The number of hydrogen-bond acceptors (Lipinski definition) is 4. The molecule has 0 aliphatic rings. The zero-order chi connectivity index (χ0) is 14.9. The SMILES string of the molecule is Cc1ccc(NS(=O)(=O)c2cc(CN)oc2Br)c(F)c1. The van der Waals surface area contributed by atoms with Gasteiger partial charge in [-0.1, -0.05) is 6.07 Å². The lowest BCUT2D eigenvalue weighted by atomic mass is 10.2. The summed E-state index contributed by atoms with van der Waals surface area (Å²) >= 11 is 3.00. The quantitative estimate of drug-likeness (QED) is 0.875. The van der Waals surface area contributed by atoms with Crippen LogP contribution in [-0.4, -0.2) is 8.42 Å². The molecule has 0 unspecified atom stereocenters. The number of sulfonamides is 1. The van der Waals surface area contributed by atoms with Crippen molar-refractivity contribution in [1.29, 1.82) is 0 Å². The van der Waals surface area contributed by atoms with E-state index in [0.717, 1.165) is 0 Å². The number of hydrogen-bond donors (Lipinski definition) is 2. The van der Waals surface area contributed by atoms with Crippen LogP contribution in [0.1, 0.15) is 11.3 Å². The first-order valence-corrected chi connectivity index (χ1v) is 7.88. The molecule has 0 fully saturated rings. The van der Waals surface area contributed by atoms with E-state index in [1.165, 1.54) is 18.2 Å². The van der Waals surface area contributed by atoms with Gasteiger partial charge < -0.3 is 10.2 Å². The molecule has 2 aromatic rings. The van der Waals surface area contributed by atoms with Gasteiger partial charge in [-0.2, -0.15) is 0 Å². The molecule has 3 N–H and O–H groups in total. The zero-order valence-electron chi connectivity index (χ0n) is 10.5. The van der Waals surface area contributed by atoms with Gasteiger partial charge in [-0.25, -0.2) is 12.8 Å². The average Bonchev–Trinajstić information content (AvgIpc) is 2.75. The van der Waals surface area contributed by atoms with Crippen LogP contribution in [0.25, 0.3) is 0 Å². The third-order valence-corrected chi connectivity index (χ3v) is 4.79. The molecule has 0 saturated carbocycles. The second kappa shape index (κ2) is 5.55. The lowest BCUT2D eigenvalue weighted by Gasteiger charge is -2.08. The van der Waals surface area contributed by atoms with E-state index in [4.69, 9.17) is 10.2 Å². The van der Waals surface area contributed by atoms with Crippen LogP contribution in [0.2, 0.25) is 0 Å². The maximum Gasteiger partial charge on any atom is 0.266 e. The summed E-state index contributed by atoms with van der Waals surface area (Å²) in [5.74, 6) is -0.339. The Labute approximate surface area is 124 Å². The molecule has 0 atom stereocenters. The van der Waals surface area contributed by atoms with E-state index in [9.17, 15) is 12.8 Å². The molecule has 20 heavy (non-hydrogen) atoms. The number of furan rings is 1. The summed E-state index contributed by atoms with van der Waals surface area (Å²) in [5.41, 5.74) is 5.95. The highest BCUT2D eigenvalue weighted by molar-refractivity contribution is 9.10. The smallest absolute Gasteiger partial charge is 0.266 e. The van der Waals surface area contributed by atoms with Gasteiger partial charge in [0.1, 0.15) is 16.5 Å². The van der Waals surface area contributed by atoms with Crippen LogP contribution in [0.15, 0.2) is 38.2 Å². The molecule has 1 aromatic heterocycles. The van der Waals surface area contributed by atoms with Crippen molar-refractivity contribution in [3.63, 3.8) is 0 Å². The molecule has 1 aromatic carbocycles. The van der Waals surface area contributed by atoms with Crippen molar-refractivity contribution in [1.82, 2.24) is 0 Å². The van der Waals surface area contributed by atoms with E-state index in [1.54, 1.807) is 13.0 Å². The molecule has 0 amide bonds. The van der Waals surface area contributed by atoms with Gasteiger partial charge in [0.2, 0.25) is 0 Å². The van der Waals surface area contributed by atoms with Gasteiger partial charge in [0.15, 0.2) is 4.67 Å². The molecule has 2 rings (SSSR count). The van der Waals surface area contributed by atoms with E-state index in [-0.39, 0.29) is 21.8 Å². The van der Waals surface area contributed by atoms with E-state index < -0.39 is 15.8 Å². The number of anilines is 1. The molecule has 8 heteroatoms. The minimum atomic E-state index is -3.95. The highest BCUT2D eigenvalue weighted by Gasteiger charge is 2.23. The fraction of sp³-hybridized carbons (Fsp3) is 0.167. The summed E-state index contributed by atoms with van der Waals surface area (Å²) in [6, 6.07) is 5.50. The Balaban J connectivity index is 2.38. The predicted octanol–water partition coefficient (Wildman–Crippen LogP) is 2.75. The Hall–Kier alpha value is -1.38. The van der Waals surface area contributed by atoms with Crippen LogP contribution >= 0.6 is 15.9 Å². The predicted molar refractivity (Wildman–Crippen MR) is 76.2 cm³/mol. The third kappa shape index (κ3) is 3.02. The van der Waals surface area contributed by atoms with E-state index in [2.05, 4.69) is 20.7 Å². The Morgan fingerprint density at radius 2 is 2.10 bits per heavy atom. The Morgan fingerprint density at radius 1 is 1.40 bits per heavy atom. The van der Waals surface area contributed by atoms with Crippen molar-refractivity contribution in [2.75, 3.05) is 4.72 Å².